The molecule has 0 aliphatic heterocycles. The van der Waals surface area contributed by atoms with Gasteiger partial charge in [0, 0.05) is 6.42 Å². The number of azo groups is 1. The summed E-state index contributed by atoms with van der Waals surface area (Å²) in [6.07, 6.45) is 0.217. The van der Waals surface area contributed by atoms with Crippen LogP contribution in [0, 0.1) is 5.21 Å². The number of benzene rings is 1. The summed E-state index contributed by atoms with van der Waals surface area (Å²) in [4.78, 5) is 12.0. The minimum absolute atomic E-state index is 0.0815. The molecule has 1 aromatic rings. The number of ether oxygens (including phenoxy) is 1. The third-order valence-electron chi connectivity index (χ3n) is 2.38. The Balaban J connectivity index is 2.32. The van der Waals surface area contributed by atoms with Crippen LogP contribution < -0.4 is 5.73 Å². The molecular weight excluding hydrogens is 234 g/mol. The average Bonchev–Trinajstić information content (AvgIpc) is 2.42. The van der Waals surface area contributed by atoms with E-state index in [1.165, 1.54) is 7.05 Å². The van der Waals surface area contributed by atoms with Gasteiger partial charge < -0.3 is 15.7 Å². The molecule has 0 bridgehead atoms. The molecule has 0 unspecified atom stereocenters. The van der Waals surface area contributed by atoms with Crippen LogP contribution in [0.4, 0.5) is 0 Å². The summed E-state index contributed by atoms with van der Waals surface area (Å²) in [5.41, 5.74) is 6.50. The number of carbonyl (C=O) groups is 1. The molecule has 6 heteroatoms. The van der Waals surface area contributed by atoms with Crippen molar-refractivity contribution in [3.8, 4) is 0 Å². The predicted molar refractivity (Wildman–Crippen MR) is 65.7 cm³/mol. The van der Waals surface area contributed by atoms with Crippen LogP contribution in [0.15, 0.2) is 35.4 Å². The van der Waals surface area contributed by atoms with Crippen LogP contribution >= 0.6 is 0 Å². The van der Waals surface area contributed by atoms with Crippen molar-refractivity contribution in [2.45, 2.75) is 19.1 Å². The maximum absolute atomic E-state index is 11.5. The Labute approximate surface area is 106 Å². The number of nitrogens with two attached hydrogens (primary N) is 1. The molecule has 0 saturated carbocycles. The van der Waals surface area contributed by atoms with Gasteiger partial charge in [-0.05, 0) is 10.7 Å². The van der Waals surface area contributed by atoms with Crippen LogP contribution in [-0.2, 0) is 16.1 Å². The van der Waals surface area contributed by atoms with Crippen LogP contribution in [0.2, 0.25) is 0 Å². The summed E-state index contributed by atoms with van der Waals surface area (Å²) in [5.74, 6) is -0.511. The molecule has 0 saturated heterocycles. The molecular formula is C12H17N3O3. The Morgan fingerprint density at radius 3 is 2.78 bits per heavy atom. The van der Waals surface area contributed by atoms with E-state index in [9.17, 15) is 10.0 Å². The molecule has 0 spiro atoms. The van der Waals surface area contributed by atoms with Crippen LogP contribution in [0.3, 0.4) is 0 Å². The molecule has 1 atom stereocenters. The number of nitrogens with zero attached hydrogens (tertiary/aromatic N) is 2. The van der Waals surface area contributed by atoms with Crippen LogP contribution in [-0.4, -0.2) is 30.5 Å². The first kappa shape index (κ1) is 14.1. The summed E-state index contributed by atoms with van der Waals surface area (Å²) in [5, 5.41) is 14.2. The van der Waals surface area contributed by atoms with Crippen molar-refractivity contribution in [1.82, 2.24) is 0 Å². The Morgan fingerprint density at radius 1 is 1.50 bits per heavy atom. The molecule has 0 amide bonds. The highest BCUT2D eigenvalue weighted by Crippen LogP contribution is 2.02. The SMILES string of the molecule is CN=[N+]([O-])CC[C@H](N)C(=O)OCc1ccccc1. The number of hydrogen-bond acceptors (Lipinski definition) is 5. The lowest BCUT2D eigenvalue weighted by Gasteiger charge is -2.10. The van der Waals surface area contributed by atoms with Gasteiger partial charge in [-0.3, -0.25) is 4.79 Å². The fraction of sp³-hybridized carbons (Fsp3) is 0.417. The molecule has 2 N–H and O–H groups in total. The highest BCUT2D eigenvalue weighted by atomic mass is 16.5. The lowest BCUT2D eigenvalue weighted by molar-refractivity contribution is -0.528. The van der Waals surface area contributed by atoms with E-state index in [1.807, 2.05) is 30.3 Å². The van der Waals surface area contributed by atoms with Gasteiger partial charge in [0.1, 0.15) is 12.6 Å². The second-order valence-corrected chi connectivity index (χ2v) is 3.76. The fourth-order valence-corrected chi connectivity index (χ4v) is 1.30. The largest absolute Gasteiger partial charge is 0.600 e. The van der Waals surface area contributed by atoms with Crippen molar-refractivity contribution in [3.05, 3.63) is 41.1 Å². The number of rotatable bonds is 6. The van der Waals surface area contributed by atoms with Gasteiger partial charge in [-0.25, -0.2) is 0 Å². The highest BCUT2D eigenvalue weighted by Gasteiger charge is 2.16. The lowest BCUT2D eigenvalue weighted by Crippen LogP contribution is -2.34. The van der Waals surface area contributed by atoms with Gasteiger partial charge in [-0.15, -0.1) is 0 Å². The second-order valence-electron chi connectivity index (χ2n) is 3.76. The van der Waals surface area contributed by atoms with Gasteiger partial charge in [0.15, 0.2) is 6.54 Å². The molecule has 1 aromatic carbocycles. The van der Waals surface area contributed by atoms with E-state index in [0.29, 0.717) is 4.86 Å². The van der Waals surface area contributed by atoms with Crippen molar-refractivity contribution in [2.75, 3.05) is 13.6 Å². The smallest absolute Gasteiger partial charge is 0.323 e. The second kappa shape index (κ2) is 7.39. The topological polar surface area (TPSA) is 90.8 Å². The Hall–Kier alpha value is -1.95. The molecule has 0 radical (unpaired) electrons. The Kier molecular flexibility index (Phi) is 5.79. The summed E-state index contributed by atoms with van der Waals surface area (Å²) >= 11 is 0. The maximum atomic E-state index is 11.5. The minimum Gasteiger partial charge on any atom is -0.600 e. The van der Waals surface area contributed by atoms with Gasteiger partial charge in [0.2, 0.25) is 0 Å². The third kappa shape index (κ3) is 4.92. The Bertz CT molecular complexity index is 406. The molecule has 0 aliphatic rings. The van der Waals surface area contributed by atoms with Gasteiger partial charge >= 0.3 is 5.97 Å². The Morgan fingerprint density at radius 2 is 2.17 bits per heavy atom. The maximum Gasteiger partial charge on any atom is 0.323 e. The summed E-state index contributed by atoms with van der Waals surface area (Å²) < 4.78 is 5.04. The highest BCUT2D eigenvalue weighted by molar-refractivity contribution is 5.75. The monoisotopic (exact) mass is 251 g/mol. The van der Waals surface area contributed by atoms with Crippen molar-refractivity contribution in [1.29, 1.82) is 0 Å². The van der Waals surface area contributed by atoms with Crippen molar-refractivity contribution >= 4 is 5.97 Å². The number of hydroxylamine groups is 1. The van der Waals surface area contributed by atoms with E-state index in [1.54, 1.807) is 0 Å². The average molecular weight is 251 g/mol. The standard InChI is InChI=1S/C12H17N3O3/c1-14-15(17)8-7-11(13)12(16)18-9-10-5-3-2-4-6-10/h2-6,11H,7-9,13H2,1H3/t11-/m0/s1. The number of esters is 1. The zero-order valence-corrected chi connectivity index (χ0v) is 10.3. The lowest BCUT2D eigenvalue weighted by atomic mass is 10.2. The van der Waals surface area contributed by atoms with E-state index in [4.69, 9.17) is 10.5 Å². The molecule has 6 nitrogen and oxygen atoms in total. The first-order valence-electron chi connectivity index (χ1n) is 5.64. The van der Waals surface area contributed by atoms with Crippen molar-refractivity contribution in [3.63, 3.8) is 0 Å². The van der Waals surface area contributed by atoms with Crippen LogP contribution in [0.1, 0.15) is 12.0 Å². The number of carbonyl (C=O) groups excluding carboxylic acids is 1. The molecule has 0 heterocycles. The fourth-order valence-electron chi connectivity index (χ4n) is 1.30. The molecule has 0 aliphatic carbocycles. The number of hydrogen-bond donors (Lipinski definition) is 1. The molecule has 98 valence electrons. The first-order valence-corrected chi connectivity index (χ1v) is 5.64. The summed E-state index contributed by atoms with van der Waals surface area (Å²) in [6.45, 7) is 0.269. The van der Waals surface area contributed by atoms with Crippen LogP contribution in [0.25, 0.3) is 0 Å². The van der Waals surface area contributed by atoms with Gasteiger partial charge in [0.25, 0.3) is 0 Å². The van der Waals surface area contributed by atoms with Crippen molar-refractivity contribution < 1.29 is 14.4 Å². The van der Waals surface area contributed by atoms with E-state index in [0.717, 1.165) is 5.56 Å². The first-order chi connectivity index (χ1) is 8.63. The zero-order valence-electron chi connectivity index (χ0n) is 10.3. The van der Waals surface area contributed by atoms with Crippen LogP contribution in [0.5, 0.6) is 0 Å². The summed E-state index contributed by atoms with van der Waals surface area (Å²) in [7, 11) is 1.38. The minimum atomic E-state index is -0.799. The summed E-state index contributed by atoms with van der Waals surface area (Å²) in [6, 6.07) is 8.52. The third-order valence-corrected chi connectivity index (χ3v) is 2.38. The van der Waals surface area contributed by atoms with E-state index in [2.05, 4.69) is 5.11 Å². The molecule has 0 aromatic heterocycles. The van der Waals surface area contributed by atoms with E-state index >= 15 is 0 Å². The van der Waals surface area contributed by atoms with E-state index < -0.39 is 12.0 Å². The van der Waals surface area contributed by atoms with E-state index in [-0.39, 0.29) is 19.6 Å². The molecule has 0 fully saturated rings. The zero-order chi connectivity index (χ0) is 13.4. The quantitative estimate of drug-likeness (QED) is 0.354. The normalized spacial score (nSPS) is 13.1. The van der Waals surface area contributed by atoms with Gasteiger partial charge in [0.05, 0.1) is 7.05 Å². The van der Waals surface area contributed by atoms with Crippen molar-refractivity contribution in [2.24, 2.45) is 10.8 Å². The van der Waals surface area contributed by atoms with Gasteiger partial charge in [-0.1, -0.05) is 35.2 Å². The molecule has 1 rings (SSSR count). The van der Waals surface area contributed by atoms with Gasteiger partial charge in [-0.2, -0.15) is 0 Å². The predicted octanol–water partition coefficient (Wildman–Crippen LogP) is 1.04. The molecule has 18 heavy (non-hydrogen) atoms.